The van der Waals surface area contributed by atoms with E-state index in [0.717, 1.165) is 5.39 Å². The minimum atomic E-state index is -0.372. The molecule has 3 aromatic rings. The number of amides is 2. The molecule has 1 aromatic heterocycles. The van der Waals surface area contributed by atoms with Gasteiger partial charge in [0.05, 0.1) is 17.6 Å². The van der Waals surface area contributed by atoms with Crippen LogP contribution in [-0.4, -0.2) is 21.4 Å². The summed E-state index contributed by atoms with van der Waals surface area (Å²) < 4.78 is 1.76. The van der Waals surface area contributed by atoms with Gasteiger partial charge in [-0.2, -0.15) is 0 Å². The number of imidazole rings is 1. The molecule has 1 N–H and O–H groups in total. The second-order valence-electron chi connectivity index (χ2n) is 4.62. The van der Waals surface area contributed by atoms with Gasteiger partial charge in [0.1, 0.15) is 0 Å². The zero-order chi connectivity index (χ0) is 13.7. The Labute approximate surface area is 113 Å². The van der Waals surface area contributed by atoms with E-state index in [-0.39, 0.29) is 11.8 Å². The molecule has 5 nitrogen and oxygen atoms in total. The van der Waals surface area contributed by atoms with E-state index in [2.05, 4.69) is 10.3 Å². The van der Waals surface area contributed by atoms with Crippen molar-refractivity contribution in [2.45, 2.75) is 0 Å². The largest absolute Gasteiger partial charge is 0.305 e. The SMILES string of the molecule is O=C1NC(=O)c2c(-n3ccnc3)ccc3cccc1c23. The standard InChI is InChI=1S/C15H9N3O2/c19-14-10-3-1-2-9-4-5-11(18-7-6-16-8-18)13(12(9)10)15(20)17-14/h1-8H,(H,17,19,20). The van der Waals surface area contributed by atoms with Crippen molar-refractivity contribution in [1.82, 2.24) is 14.9 Å². The fourth-order valence-corrected chi connectivity index (χ4v) is 2.64. The average molecular weight is 263 g/mol. The Bertz CT molecular complexity index is 866. The van der Waals surface area contributed by atoms with Crippen LogP contribution in [0.4, 0.5) is 0 Å². The smallest absolute Gasteiger partial charge is 0.260 e. The number of benzene rings is 2. The monoisotopic (exact) mass is 263 g/mol. The number of aromatic nitrogens is 2. The Morgan fingerprint density at radius 1 is 1.05 bits per heavy atom. The van der Waals surface area contributed by atoms with Gasteiger partial charge in [0.2, 0.25) is 0 Å². The van der Waals surface area contributed by atoms with E-state index in [9.17, 15) is 9.59 Å². The Balaban J connectivity index is 2.18. The van der Waals surface area contributed by atoms with Crippen molar-refractivity contribution in [1.29, 1.82) is 0 Å². The molecule has 0 spiro atoms. The van der Waals surface area contributed by atoms with Gasteiger partial charge in [0.25, 0.3) is 11.8 Å². The Morgan fingerprint density at radius 3 is 2.75 bits per heavy atom. The van der Waals surface area contributed by atoms with Crippen LogP contribution in [-0.2, 0) is 0 Å². The van der Waals surface area contributed by atoms with Gasteiger partial charge in [-0.05, 0) is 17.5 Å². The van der Waals surface area contributed by atoms with Crippen molar-refractivity contribution >= 4 is 22.6 Å². The van der Waals surface area contributed by atoms with Crippen LogP contribution in [0.15, 0.2) is 49.1 Å². The van der Waals surface area contributed by atoms with E-state index in [4.69, 9.17) is 0 Å². The summed E-state index contributed by atoms with van der Waals surface area (Å²) in [4.78, 5) is 28.2. The minimum Gasteiger partial charge on any atom is -0.305 e. The summed E-state index contributed by atoms with van der Waals surface area (Å²) in [5, 5.41) is 3.97. The number of hydrogen-bond acceptors (Lipinski definition) is 3. The van der Waals surface area contributed by atoms with Crippen LogP contribution in [0, 0.1) is 0 Å². The molecule has 0 atom stereocenters. The fraction of sp³-hybridized carbons (Fsp3) is 0. The molecule has 0 unspecified atom stereocenters. The topological polar surface area (TPSA) is 64.0 Å². The molecule has 2 amide bonds. The van der Waals surface area contributed by atoms with Gasteiger partial charge in [0, 0.05) is 23.3 Å². The highest BCUT2D eigenvalue weighted by Gasteiger charge is 2.27. The summed E-state index contributed by atoms with van der Waals surface area (Å²) in [7, 11) is 0. The van der Waals surface area contributed by atoms with Gasteiger partial charge >= 0.3 is 0 Å². The molecule has 2 aromatic carbocycles. The van der Waals surface area contributed by atoms with E-state index in [1.165, 1.54) is 0 Å². The molecule has 1 aliphatic heterocycles. The first-order valence-electron chi connectivity index (χ1n) is 6.15. The van der Waals surface area contributed by atoms with Crippen LogP contribution in [0.25, 0.3) is 16.5 Å². The maximum absolute atomic E-state index is 12.2. The molecule has 2 heterocycles. The third-order valence-electron chi connectivity index (χ3n) is 3.50. The van der Waals surface area contributed by atoms with Crippen molar-refractivity contribution in [2.24, 2.45) is 0 Å². The molecule has 0 saturated heterocycles. The summed E-state index contributed by atoms with van der Waals surface area (Å²) in [6.07, 6.45) is 5.04. The maximum atomic E-state index is 12.2. The predicted molar refractivity (Wildman–Crippen MR) is 72.9 cm³/mol. The first-order chi connectivity index (χ1) is 9.75. The molecular formula is C15H9N3O2. The van der Waals surface area contributed by atoms with Crippen molar-refractivity contribution in [3.63, 3.8) is 0 Å². The van der Waals surface area contributed by atoms with Crippen molar-refractivity contribution in [3.8, 4) is 5.69 Å². The summed E-state index contributed by atoms with van der Waals surface area (Å²) >= 11 is 0. The molecule has 20 heavy (non-hydrogen) atoms. The fourth-order valence-electron chi connectivity index (χ4n) is 2.64. The summed E-state index contributed by atoms with van der Waals surface area (Å²) in [5.41, 5.74) is 1.75. The summed E-state index contributed by atoms with van der Waals surface area (Å²) in [5.74, 6) is -0.723. The van der Waals surface area contributed by atoms with Crippen molar-refractivity contribution < 1.29 is 9.59 Å². The first-order valence-corrected chi connectivity index (χ1v) is 6.15. The average Bonchev–Trinajstić information content (AvgIpc) is 2.98. The van der Waals surface area contributed by atoms with Crippen molar-refractivity contribution in [3.05, 3.63) is 60.2 Å². The normalized spacial score (nSPS) is 13.6. The molecule has 5 heteroatoms. The van der Waals surface area contributed by atoms with E-state index in [1.807, 2.05) is 24.3 Å². The van der Waals surface area contributed by atoms with E-state index in [0.29, 0.717) is 22.2 Å². The van der Waals surface area contributed by atoms with Gasteiger partial charge in [-0.15, -0.1) is 0 Å². The minimum absolute atomic E-state index is 0.351. The maximum Gasteiger partial charge on any atom is 0.260 e. The van der Waals surface area contributed by atoms with Gasteiger partial charge < -0.3 is 4.57 Å². The number of hydrogen-bond donors (Lipinski definition) is 1. The molecule has 0 saturated carbocycles. The quantitative estimate of drug-likeness (QED) is 0.682. The van der Waals surface area contributed by atoms with Gasteiger partial charge in [0.15, 0.2) is 0 Å². The van der Waals surface area contributed by atoms with Crippen LogP contribution in [0.5, 0.6) is 0 Å². The molecular weight excluding hydrogens is 254 g/mol. The van der Waals surface area contributed by atoms with Crippen LogP contribution in [0.1, 0.15) is 20.7 Å². The number of carbonyl (C=O) groups excluding carboxylic acids is 2. The molecule has 0 bridgehead atoms. The zero-order valence-corrected chi connectivity index (χ0v) is 10.3. The van der Waals surface area contributed by atoms with Gasteiger partial charge in [-0.1, -0.05) is 18.2 Å². The molecule has 1 aliphatic rings. The Kier molecular flexibility index (Phi) is 2.06. The highest BCUT2D eigenvalue weighted by molar-refractivity contribution is 6.26. The molecule has 0 fully saturated rings. The highest BCUT2D eigenvalue weighted by Crippen LogP contribution is 2.30. The second kappa shape index (κ2) is 3.77. The lowest BCUT2D eigenvalue weighted by Gasteiger charge is -2.19. The second-order valence-corrected chi connectivity index (χ2v) is 4.62. The summed E-state index contributed by atoms with van der Waals surface area (Å²) in [6.45, 7) is 0. The number of imide groups is 1. The van der Waals surface area contributed by atoms with Crippen molar-refractivity contribution in [2.75, 3.05) is 0 Å². The third-order valence-corrected chi connectivity index (χ3v) is 3.50. The molecule has 96 valence electrons. The van der Waals surface area contributed by atoms with Gasteiger partial charge in [-0.3, -0.25) is 14.9 Å². The van der Waals surface area contributed by atoms with Crippen LogP contribution < -0.4 is 5.32 Å². The number of rotatable bonds is 1. The lowest BCUT2D eigenvalue weighted by Crippen LogP contribution is -2.35. The number of nitrogens with one attached hydrogen (secondary N) is 1. The van der Waals surface area contributed by atoms with Crippen LogP contribution >= 0.6 is 0 Å². The molecule has 0 radical (unpaired) electrons. The molecule has 4 rings (SSSR count). The number of carbonyl (C=O) groups is 2. The van der Waals surface area contributed by atoms with Crippen LogP contribution in [0.2, 0.25) is 0 Å². The lowest BCUT2D eigenvalue weighted by molar-refractivity contribution is 0.0845. The van der Waals surface area contributed by atoms with E-state index in [1.54, 1.807) is 29.4 Å². The molecule has 0 aliphatic carbocycles. The predicted octanol–water partition coefficient (Wildman–Crippen LogP) is 1.91. The number of nitrogens with zero attached hydrogens (tertiary/aromatic N) is 2. The Morgan fingerprint density at radius 2 is 1.95 bits per heavy atom. The van der Waals surface area contributed by atoms with Crippen LogP contribution in [0.3, 0.4) is 0 Å². The van der Waals surface area contributed by atoms with Gasteiger partial charge in [-0.25, -0.2) is 4.98 Å². The van der Waals surface area contributed by atoms with E-state index >= 15 is 0 Å². The summed E-state index contributed by atoms with van der Waals surface area (Å²) in [6, 6.07) is 9.20. The Hall–Kier alpha value is -2.95. The zero-order valence-electron chi connectivity index (χ0n) is 10.3. The highest BCUT2D eigenvalue weighted by atomic mass is 16.2. The lowest BCUT2D eigenvalue weighted by atomic mass is 9.94. The van der Waals surface area contributed by atoms with E-state index < -0.39 is 0 Å². The third kappa shape index (κ3) is 1.34. The first kappa shape index (κ1) is 10.9.